The maximum Gasteiger partial charge on any atom is 0.238 e. The molecule has 1 saturated carbocycles. The van der Waals surface area contributed by atoms with Crippen molar-refractivity contribution in [3.63, 3.8) is 0 Å². The quantitative estimate of drug-likeness (QED) is 0.911. The van der Waals surface area contributed by atoms with Crippen molar-refractivity contribution in [2.45, 2.75) is 66.0 Å². The van der Waals surface area contributed by atoms with Gasteiger partial charge in [-0.15, -0.1) is 5.10 Å². The van der Waals surface area contributed by atoms with Crippen molar-refractivity contribution in [3.8, 4) is 5.88 Å². The molecule has 4 nitrogen and oxygen atoms in total. The molecule has 1 fully saturated rings. The highest BCUT2D eigenvalue weighted by molar-refractivity contribution is 5.35. The van der Waals surface area contributed by atoms with Crippen molar-refractivity contribution in [3.05, 3.63) is 16.8 Å². The van der Waals surface area contributed by atoms with Gasteiger partial charge in [-0.3, -0.25) is 0 Å². The Labute approximate surface area is 115 Å². The zero-order valence-corrected chi connectivity index (χ0v) is 12.5. The Morgan fingerprint density at radius 3 is 2.42 bits per heavy atom. The number of nitrogens with zero attached hydrogens (tertiary/aromatic N) is 2. The van der Waals surface area contributed by atoms with E-state index in [0.717, 1.165) is 29.7 Å². The molecule has 0 aromatic carbocycles. The first kappa shape index (κ1) is 14.3. The summed E-state index contributed by atoms with van der Waals surface area (Å²) in [4.78, 5) is 0. The van der Waals surface area contributed by atoms with Gasteiger partial charge in [-0.25, -0.2) is 0 Å². The van der Waals surface area contributed by atoms with Crippen molar-refractivity contribution >= 4 is 0 Å². The molecule has 106 valence electrons. The molecule has 0 bridgehead atoms. The molecule has 2 N–H and O–H groups in total. The number of hydrogen-bond acceptors (Lipinski definition) is 4. The van der Waals surface area contributed by atoms with Crippen LogP contribution in [-0.2, 0) is 6.54 Å². The first-order chi connectivity index (χ1) is 8.93. The summed E-state index contributed by atoms with van der Waals surface area (Å²) in [5, 5.41) is 8.34. The molecule has 0 aliphatic heterocycles. The molecule has 2 rings (SSSR count). The maximum atomic E-state index is 6.05. The van der Waals surface area contributed by atoms with E-state index in [1.54, 1.807) is 0 Å². The highest BCUT2D eigenvalue weighted by Gasteiger charge is 2.28. The van der Waals surface area contributed by atoms with Crippen LogP contribution in [-0.4, -0.2) is 16.3 Å². The standard InChI is InChI=1S/C15H25N3O/c1-10-11(2)17-18-14(13(10)9-16)19-12-5-7-15(3,4)8-6-12/h12H,5-9,16H2,1-4H3. The SMILES string of the molecule is Cc1nnc(OC2CCC(C)(C)CC2)c(CN)c1C. The van der Waals surface area contributed by atoms with E-state index >= 15 is 0 Å². The van der Waals surface area contributed by atoms with E-state index in [1.165, 1.54) is 12.8 Å². The second-order valence-electron chi connectivity index (χ2n) is 6.38. The molecule has 19 heavy (non-hydrogen) atoms. The maximum absolute atomic E-state index is 6.05. The summed E-state index contributed by atoms with van der Waals surface area (Å²) in [7, 11) is 0. The molecule has 0 saturated heterocycles. The summed E-state index contributed by atoms with van der Waals surface area (Å²) >= 11 is 0. The minimum absolute atomic E-state index is 0.259. The van der Waals surface area contributed by atoms with Crippen LogP contribution in [0.15, 0.2) is 0 Å². The van der Waals surface area contributed by atoms with Crippen molar-refractivity contribution < 1.29 is 4.74 Å². The predicted molar refractivity (Wildman–Crippen MR) is 76.1 cm³/mol. The lowest BCUT2D eigenvalue weighted by Crippen LogP contribution is -2.29. The summed E-state index contributed by atoms with van der Waals surface area (Å²) in [5.74, 6) is 0.635. The highest BCUT2D eigenvalue weighted by atomic mass is 16.5. The van der Waals surface area contributed by atoms with Gasteiger partial charge in [0.25, 0.3) is 0 Å². The van der Waals surface area contributed by atoms with Gasteiger partial charge in [-0.1, -0.05) is 13.8 Å². The zero-order valence-electron chi connectivity index (χ0n) is 12.5. The van der Waals surface area contributed by atoms with Crippen LogP contribution in [0.1, 0.15) is 56.4 Å². The van der Waals surface area contributed by atoms with Gasteiger partial charge < -0.3 is 10.5 Å². The van der Waals surface area contributed by atoms with E-state index in [-0.39, 0.29) is 6.10 Å². The first-order valence-corrected chi connectivity index (χ1v) is 7.12. The van der Waals surface area contributed by atoms with E-state index in [1.807, 2.05) is 13.8 Å². The van der Waals surface area contributed by atoms with Crippen LogP contribution < -0.4 is 10.5 Å². The third-order valence-corrected chi connectivity index (χ3v) is 4.31. The Kier molecular flexibility index (Phi) is 4.09. The van der Waals surface area contributed by atoms with Crippen LogP contribution in [0, 0.1) is 19.3 Å². The predicted octanol–water partition coefficient (Wildman–Crippen LogP) is 2.90. The molecule has 0 spiro atoms. The average Bonchev–Trinajstić information content (AvgIpc) is 2.37. The summed E-state index contributed by atoms with van der Waals surface area (Å²) in [6, 6.07) is 0. The lowest BCUT2D eigenvalue weighted by molar-refractivity contribution is 0.0929. The number of aromatic nitrogens is 2. The molecule has 1 aliphatic rings. The first-order valence-electron chi connectivity index (χ1n) is 7.12. The van der Waals surface area contributed by atoms with Gasteiger partial charge in [0.1, 0.15) is 6.10 Å². The summed E-state index contributed by atoms with van der Waals surface area (Å²) in [5.41, 5.74) is 9.30. The highest BCUT2D eigenvalue weighted by Crippen LogP contribution is 2.36. The second kappa shape index (κ2) is 5.45. The van der Waals surface area contributed by atoms with Gasteiger partial charge in [0.15, 0.2) is 0 Å². The van der Waals surface area contributed by atoms with Gasteiger partial charge in [0.05, 0.1) is 5.69 Å². The number of nitrogens with two attached hydrogens (primary N) is 1. The monoisotopic (exact) mass is 263 g/mol. The summed E-state index contributed by atoms with van der Waals surface area (Å²) < 4.78 is 6.05. The van der Waals surface area contributed by atoms with Crippen molar-refractivity contribution in [2.24, 2.45) is 11.1 Å². The van der Waals surface area contributed by atoms with Crippen LogP contribution in [0.3, 0.4) is 0 Å². The Morgan fingerprint density at radius 2 is 1.84 bits per heavy atom. The van der Waals surface area contributed by atoms with E-state index in [2.05, 4.69) is 24.0 Å². The summed E-state index contributed by atoms with van der Waals surface area (Å²) in [6.07, 6.45) is 4.84. The van der Waals surface area contributed by atoms with Gasteiger partial charge in [-0.2, -0.15) is 5.10 Å². The van der Waals surface area contributed by atoms with E-state index in [0.29, 0.717) is 17.8 Å². The van der Waals surface area contributed by atoms with E-state index < -0.39 is 0 Å². The molecular formula is C15H25N3O. The molecule has 0 radical (unpaired) electrons. The van der Waals surface area contributed by atoms with Gasteiger partial charge in [-0.05, 0) is 50.5 Å². The molecule has 1 aromatic rings. The summed E-state index contributed by atoms with van der Waals surface area (Å²) in [6.45, 7) is 9.09. The minimum Gasteiger partial charge on any atom is -0.473 e. The molecule has 1 heterocycles. The second-order valence-corrected chi connectivity index (χ2v) is 6.38. The molecule has 1 aliphatic carbocycles. The Bertz CT molecular complexity index is 447. The van der Waals surface area contributed by atoms with Crippen molar-refractivity contribution in [1.82, 2.24) is 10.2 Å². The fourth-order valence-electron chi connectivity index (χ4n) is 2.62. The van der Waals surface area contributed by atoms with Crippen LogP contribution in [0.2, 0.25) is 0 Å². The molecule has 4 heteroatoms. The normalized spacial score (nSPS) is 19.4. The fraction of sp³-hybridized carbons (Fsp3) is 0.733. The van der Waals surface area contributed by atoms with Crippen LogP contribution in [0.25, 0.3) is 0 Å². The molecule has 0 atom stereocenters. The molecule has 0 unspecified atom stereocenters. The van der Waals surface area contributed by atoms with E-state index in [9.17, 15) is 0 Å². The van der Waals surface area contributed by atoms with Crippen molar-refractivity contribution in [1.29, 1.82) is 0 Å². The van der Waals surface area contributed by atoms with Crippen LogP contribution in [0.5, 0.6) is 5.88 Å². The molecular weight excluding hydrogens is 238 g/mol. The molecule has 1 aromatic heterocycles. The largest absolute Gasteiger partial charge is 0.473 e. The lowest BCUT2D eigenvalue weighted by Gasteiger charge is -2.34. The average molecular weight is 263 g/mol. The number of ether oxygens (including phenoxy) is 1. The van der Waals surface area contributed by atoms with E-state index in [4.69, 9.17) is 10.5 Å². The Balaban J connectivity index is 2.10. The lowest BCUT2D eigenvalue weighted by atomic mass is 9.76. The third kappa shape index (κ3) is 3.24. The van der Waals surface area contributed by atoms with Gasteiger partial charge in [0.2, 0.25) is 5.88 Å². The van der Waals surface area contributed by atoms with Gasteiger partial charge in [0, 0.05) is 12.1 Å². The number of rotatable bonds is 3. The number of hydrogen-bond donors (Lipinski definition) is 1. The Morgan fingerprint density at radius 1 is 1.21 bits per heavy atom. The smallest absolute Gasteiger partial charge is 0.238 e. The van der Waals surface area contributed by atoms with Crippen molar-refractivity contribution in [2.75, 3.05) is 0 Å². The number of aryl methyl sites for hydroxylation is 1. The third-order valence-electron chi connectivity index (χ3n) is 4.31. The van der Waals surface area contributed by atoms with Gasteiger partial charge >= 0.3 is 0 Å². The fourth-order valence-corrected chi connectivity index (χ4v) is 2.62. The molecule has 0 amide bonds. The van der Waals surface area contributed by atoms with Crippen LogP contribution in [0.4, 0.5) is 0 Å². The topological polar surface area (TPSA) is 61.0 Å². The Hall–Kier alpha value is -1.16. The minimum atomic E-state index is 0.259. The van der Waals surface area contributed by atoms with Crippen LogP contribution >= 0.6 is 0 Å². The zero-order chi connectivity index (χ0) is 14.0.